The standard InChI is InChI=1S/C89H118N20O24S2/c1-7-9-19-66-82(126)97-57(28-30-74(116)117)78(122)104-65(77(121)94-40-72(91)114)44-134-45-73(115)96-61(32-48-23-25-52(111)26-24-48)85(129)105(4)47(3)76(120)101-63(37-75(118)119)88(132)108-31-15-21-67(108)83(127)100-60(35-51-39-92-46-95-51)80(124)98-58(27-29-71(90)113)87(131)109-41-53(112)36-69(109)84(128)99-59(33-49-38-93-56-18-13-11-16-54(49)56)79(123)103-64(42-110)81(125)102-62(34-50-43-135-70-22-14-12-17-55(50)70)86(130)107(6)68(20-10-8-2)89(133)106(66)5/h11-14,16-18,22-26,38-39,43,46-47,53,57-69,93,110-112H,7-10,15,19-21,27-37,40-42,44-45H2,1-6H3,(H2,90,113)(H2,91,114)(H,92,95)(H,94,121)(H,96,115)(H,97,126)(H,98,124)(H,99,128)(H,100,127)(H,101,120)(H,102,125)(H,103,123)(H,104,122)(H,116,117)(H,118,119)/t47-,53+,57-,58-,59-,60-,61-,62-,63-,64-,65-,66-,67-,68-,69-/m0/s1. The second-order valence-electron chi connectivity index (χ2n) is 33.6. The molecule has 0 radical (unpaired) electrons. The van der Waals surface area contributed by atoms with Gasteiger partial charge in [0.1, 0.15) is 90.3 Å². The molecule has 46 heteroatoms. The van der Waals surface area contributed by atoms with Gasteiger partial charge < -0.3 is 125 Å². The highest BCUT2D eigenvalue weighted by molar-refractivity contribution is 8.00. The molecule has 15 atom stereocenters. The fourth-order valence-corrected chi connectivity index (χ4v) is 18.1. The number of rotatable bonds is 26. The first-order valence-electron chi connectivity index (χ1n) is 44.3. The maximum atomic E-state index is 15.7. The summed E-state index contributed by atoms with van der Waals surface area (Å²) in [4.78, 5) is 289. The van der Waals surface area contributed by atoms with Crippen LogP contribution in [0, 0.1) is 0 Å². The number of imidazole rings is 1. The van der Waals surface area contributed by atoms with Crippen LogP contribution in [-0.4, -0.2) is 327 Å². The molecule has 0 spiro atoms. The minimum Gasteiger partial charge on any atom is -0.508 e. The number of aliphatic hydroxyl groups is 2. The number of H-pyrrole nitrogens is 2. The zero-order valence-corrected chi connectivity index (χ0v) is 77.1. The van der Waals surface area contributed by atoms with Crippen LogP contribution in [0.1, 0.15) is 133 Å². The monoisotopic (exact) mass is 1910 g/mol. The number of aliphatic carboxylic acids is 2. The number of thioether (sulfide) groups is 1. The maximum absolute atomic E-state index is 15.7. The second kappa shape index (κ2) is 49.9. The molecule has 0 unspecified atom stereocenters. The lowest BCUT2D eigenvalue weighted by atomic mass is 10.00. The number of likely N-dealkylation sites (N-methyl/N-ethyl adjacent to an activating group) is 3. The molecule has 17 amide bonds. The Bertz CT molecular complexity index is 5290. The summed E-state index contributed by atoms with van der Waals surface area (Å²) < 4.78 is 0.779. The van der Waals surface area contributed by atoms with Gasteiger partial charge in [-0.25, -0.2) is 4.98 Å². The van der Waals surface area contributed by atoms with Crippen molar-refractivity contribution in [2.24, 2.45) is 11.5 Å². The van der Waals surface area contributed by atoms with Gasteiger partial charge in [0.05, 0.1) is 43.5 Å². The van der Waals surface area contributed by atoms with Crippen molar-refractivity contribution in [3.63, 3.8) is 0 Å². The van der Waals surface area contributed by atoms with Gasteiger partial charge in [-0.15, -0.1) is 23.1 Å². The van der Waals surface area contributed by atoms with Crippen molar-refractivity contribution in [3.05, 3.63) is 119 Å². The summed E-state index contributed by atoms with van der Waals surface area (Å²) >= 11 is 2.00. The molecule has 3 aromatic carbocycles. The molecule has 21 N–H and O–H groups in total. The Morgan fingerprint density at radius 1 is 0.541 bits per heavy atom. The van der Waals surface area contributed by atoms with Crippen molar-refractivity contribution < 1.29 is 117 Å². The predicted octanol–water partition coefficient (Wildman–Crippen LogP) is -2.78. The van der Waals surface area contributed by atoms with Crippen LogP contribution in [0.5, 0.6) is 5.75 Å². The lowest BCUT2D eigenvalue weighted by Gasteiger charge is -2.36. The van der Waals surface area contributed by atoms with Crippen LogP contribution in [0.4, 0.5) is 0 Å². The molecule has 3 saturated heterocycles. The van der Waals surface area contributed by atoms with E-state index in [1.165, 1.54) is 69.1 Å². The molecule has 0 aliphatic carbocycles. The predicted molar refractivity (Wildman–Crippen MR) is 488 cm³/mol. The van der Waals surface area contributed by atoms with Crippen molar-refractivity contribution in [1.82, 2.24) is 92.6 Å². The summed E-state index contributed by atoms with van der Waals surface area (Å²) in [7, 11) is 3.73. The van der Waals surface area contributed by atoms with Crippen molar-refractivity contribution in [2.75, 3.05) is 58.9 Å². The highest BCUT2D eigenvalue weighted by Gasteiger charge is 2.47. The van der Waals surface area contributed by atoms with E-state index in [9.17, 15) is 78.3 Å². The number of aromatic amines is 2. The first-order valence-corrected chi connectivity index (χ1v) is 46.4. The van der Waals surface area contributed by atoms with Gasteiger partial charge in [-0.2, -0.15) is 0 Å². The van der Waals surface area contributed by atoms with Crippen LogP contribution in [-0.2, 0) is 117 Å². The van der Waals surface area contributed by atoms with Crippen LogP contribution >= 0.6 is 23.1 Å². The number of hydrogen-bond acceptors (Lipinski definition) is 25. The Morgan fingerprint density at radius 2 is 1.11 bits per heavy atom. The molecule has 0 bridgehead atoms. The molecule has 9 rings (SSSR count). The Labute approximate surface area is 784 Å². The zero-order chi connectivity index (χ0) is 98.6. The lowest BCUT2D eigenvalue weighted by molar-refractivity contribution is -0.149. The van der Waals surface area contributed by atoms with E-state index in [0.717, 1.165) is 36.2 Å². The summed E-state index contributed by atoms with van der Waals surface area (Å²) in [6.07, 6.45) is -1.56. The number of phenols is 1. The Morgan fingerprint density at radius 3 is 1.76 bits per heavy atom. The fourth-order valence-electron chi connectivity index (χ4n) is 16.2. The highest BCUT2D eigenvalue weighted by atomic mass is 32.2. The molecule has 3 fully saturated rings. The van der Waals surface area contributed by atoms with Crippen molar-refractivity contribution in [3.8, 4) is 5.75 Å². The molecule has 6 heterocycles. The number of nitrogens with one attached hydrogen (secondary N) is 12. The molecule has 135 heavy (non-hydrogen) atoms. The van der Waals surface area contributed by atoms with Gasteiger partial charge in [0.2, 0.25) is 100 Å². The number of benzene rings is 3. The number of thiophene rings is 1. The van der Waals surface area contributed by atoms with Gasteiger partial charge in [0, 0.05) is 113 Å². The number of phenolic OH excluding ortho intramolecular Hbond substituents is 1. The average molecular weight is 1920 g/mol. The number of aromatic hydroxyl groups is 1. The molecular formula is C89H118N20O24S2. The van der Waals surface area contributed by atoms with Crippen LogP contribution in [0.15, 0.2) is 96.9 Å². The first kappa shape index (κ1) is 105. The molecule has 0 saturated carbocycles. The quantitative estimate of drug-likeness (QED) is 0.0261. The van der Waals surface area contributed by atoms with Crippen molar-refractivity contribution in [2.45, 2.75) is 227 Å². The number of primary amides is 2. The van der Waals surface area contributed by atoms with Crippen molar-refractivity contribution >= 4 is 156 Å². The van der Waals surface area contributed by atoms with Gasteiger partial charge in [0.15, 0.2) is 0 Å². The van der Waals surface area contributed by atoms with Crippen LogP contribution < -0.4 is 64.6 Å². The summed E-state index contributed by atoms with van der Waals surface area (Å²) in [5.41, 5.74) is 13.1. The average Bonchev–Trinajstić information content (AvgIpc) is 1.66. The number of aliphatic hydroxyl groups excluding tert-OH is 2. The highest BCUT2D eigenvalue weighted by Crippen LogP contribution is 2.30. The number of nitrogens with two attached hydrogens (primary N) is 2. The summed E-state index contributed by atoms with van der Waals surface area (Å²) in [6.45, 7) is 2.07. The van der Waals surface area contributed by atoms with E-state index in [1.807, 2.05) is 13.0 Å². The Hall–Kier alpha value is -13.6. The number of amides is 17. The van der Waals surface area contributed by atoms with Gasteiger partial charge in [-0.1, -0.05) is 88.1 Å². The van der Waals surface area contributed by atoms with Gasteiger partial charge in [-0.05, 0) is 97.2 Å². The minimum atomic E-state index is -1.96. The molecule has 3 aromatic heterocycles. The number of nitrogens with zero attached hydrogens (tertiary/aromatic N) is 6. The largest absolute Gasteiger partial charge is 0.508 e. The second-order valence-corrected chi connectivity index (χ2v) is 35.6. The number of carbonyl (C=O) groups is 19. The molecule has 3 aliphatic rings. The third-order valence-corrected chi connectivity index (χ3v) is 25.9. The number of unbranched alkanes of at least 4 members (excludes halogenated alkanes) is 2. The number of carboxylic acids is 2. The number of fused-ring (bicyclic) bond motifs is 4. The Balaban J connectivity index is 1.10. The van der Waals surface area contributed by atoms with E-state index >= 15 is 38.4 Å². The van der Waals surface area contributed by atoms with Crippen LogP contribution in [0.3, 0.4) is 0 Å². The maximum Gasteiger partial charge on any atom is 0.305 e. The lowest BCUT2D eigenvalue weighted by Crippen LogP contribution is -2.62. The van der Waals surface area contributed by atoms with E-state index in [2.05, 4.69) is 68.1 Å². The number of carboxylic acid groups (broad SMARTS) is 2. The molecular weight excluding hydrogens is 1800 g/mol. The van der Waals surface area contributed by atoms with E-state index in [1.54, 1.807) is 61.0 Å². The Kier molecular flexibility index (Phi) is 38.8. The van der Waals surface area contributed by atoms with E-state index in [-0.39, 0.29) is 75.8 Å². The normalized spacial score (nSPS) is 24.7. The molecule has 730 valence electrons. The number of carbonyl (C=O) groups excluding carboxylic acids is 17. The smallest absolute Gasteiger partial charge is 0.305 e. The SMILES string of the molecule is CCCC[C@H]1C(=O)N(C)[C@@H](CCCC)C(=O)N[C@@H](CCC(=O)O)C(=O)N[C@H](C(=O)NCC(N)=O)CSCC(=O)N[C@@H](Cc2ccc(O)cc2)C(=O)N(C)[C@@H](C)C(=O)N[C@@H](CC(=O)O)C(=O)N2CCC[C@H]2C(=O)N[C@@H](Cc2c[nH]cn2)C(=O)N[C@@H](CCC(N)=O)C(=O)N2C[C@H](O)C[C@H]2C(=O)N[C@@H](Cc2c[nH]c3ccccc23)C(=O)N[C@@H](CO)C(=O)N[C@@H](Cc2csc3ccccc23)C(=O)N1C. The molecule has 44 nitrogen and oxygen atoms in total. The van der Waals surface area contributed by atoms with E-state index in [0.29, 0.717) is 57.6 Å². The van der Waals surface area contributed by atoms with E-state index in [4.69, 9.17) is 11.5 Å². The first-order chi connectivity index (χ1) is 64.3. The molecule has 3 aliphatic heterocycles. The van der Waals surface area contributed by atoms with Gasteiger partial charge in [0.25, 0.3) is 0 Å². The summed E-state index contributed by atoms with van der Waals surface area (Å²) in [6, 6.07) is -4.15. The minimum absolute atomic E-state index is 0.0568. The topological polar surface area (TPSA) is 658 Å². The summed E-state index contributed by atoms with van der Waals surface area (Å²) in [5, 5.41) is 81.5. The third kappa shape index (κ3) is 29.2. The van der Waals surface area contributed by atoms with Crippen molar-refractivity contribution in [1.29, 1.82) is 0 Å². The van der Waals surface area contributed by atoms with Gasteiger partial charge in [-0.3, -0.25) is 91.1 Å². The van der Waals surface area contributed by atoms with Crippen LogP contribution in [0.2, 0.25) is 0 Å². The third-order valence-electron chi connectivity index (χ3n) is 23.8. The fraction of sp³-hybridized carbons (Fsp3) is 0.506. The molecule has 6 aromatic rings. The van der Waals surface area contributed by atoms with Crippen LogP contribution in [0.25, 0.3) is 21.0 Å². The van der Waals surface area contributed by atoms with E-state index < -0.39 is 279 Å². The van der Waals surface area contributed by atoms with Gasteiger partial charge >= 0.3 is 11.9 Å². The number of para-hydroxylation sites is 1. The zero-order valence-electron chi connectivity index (χ0n) is 75.5. The number of aromatic nitrogens is 3. The summed E-state index contributed by atoms with van der Waals surface area (Å²) in [5.74, 6) is -22.0. The number of hydrogen-bond donors (Lipinski definition) is 19.